The maximum Gasteiger partial charge on any atom is 0.226 e. The Morgan fingerprint density at radius 1 is 1.14 bits per heavy atom. The highest BCUT2D eigenvalue weighted by atomic mass is 16.5. The molecule has 0 saturated carbocycles. The van der Waals surface area contributed by atoms with Gasteiger partial charge in [0.25, 0.3) is 0 Å². The predicted molar refractivity (Wildman–Crippen MR) is 111 cm³/mol. The molecule has 1 amide bonds. The van der Waals surface area contributed by atoms with Crippen LogP contribution >= 0.6 is 0 Å². The molecule has 0 N–H and O–H groups in total. The SMILES string of the molecule is Cc1ccccc1OCCC(=O)N1CCc2nnc([C@H]3CCCCN3C)n2CC1. The highest BCUT2D eigenvalue weighted by Gasteiger charge is 2.29. The number of nitrogens with zero attached hydrogens (tertiary/aromatic N) is 5. The number of ether oxygens (including phenoxy) is 1. The smallest absolute Gasteiger partial charge is 0.226 e. The van der Waals surface area contributed by atoms with Crippen molar-refractivity contribution in [3.05, 3.63) is 41.5 Å². The Bertz CT molecular complexity index is 849. The quantitative estimate of drug-likeness (QED) is 0.776. The van der Waals surface area contributed by atoms with Crippen LogP contribution in [-0.2, 0) is 17.8 Å². The number of amides is 1. The summed E-state index contributed by atoms with van der Waals surface area (Å²) in [6.07, 6.45) is 4.78. The van der Waals surface area contributed by atoms with E-state index in [9.17, 15) is 4.79 Å². The van der Waals surface area contributed by atoms with Crippen molar-refractivity contribution in [2.24, 2.45) is 0 Å². The third-order valence-electron chi connectivity index (χ3n) is 6.14. The Balaban J connectivity index is 1.33. The zero-order valence-electron chi connectivity index (χ0n) is 17.5. The number of carbonyl (C=O) groups excluding carboxylic acids is 1. The molecule has 1 fully saturated rings. The average Bonchev–Trinajstić information content (AvgIpc) is 3.00. The lowest BCUT2D eigenvalue weighted by molar-refractivity contribution is -0.131. The Hall–Kier alpha value is -2.41. The van der Waals surface area contributed by atoms with E-state index < -0.39 is 0 Å². The molecule has 1 aromatic carbocycles. The van der Waals surface area contributed by atoms with E-state index in [2.05, 4.69) is 26.7 Å². The minimum Gasteiger partial charge on any atom is -0.493 e. The van der Waals surface area contributed by atoms with E-state index >= 15 is 0 Å². The first kappa shape index (κ1) is 19.9. The number of aromatic nitrogens is 3. The topological polar surface area (TPSA) is 63.5 Å². The van der Waals surface area contributed by atoms with Crippen molar-refractivity contribution in [1.82, 2.24) is 24.6 Å². The Kier molecular flexibility index (Phi) is 6.13. The molecule has 2 aliphatic rings. The van der Waals surface area contributed by atoms with Crippen LogP contribution in [0.3, 0.4) is 0 Å². The van der Waals surface area contributed by atoms with Gasteiger partial charge in [-0.2, -0.15) is 0 Å². The fourth-order valence-electron chi connectivity index (χ4n) is 4.37. The van der Waals surface area contributed by atoms with E-state index in [1.807, 2.05) is 36.1 Å². The van der Waals surface area contributed by atoms with Gasteiger partial charge in [-0.1, -0.05) is 24.6 Å². The van der Waals surface area contributed by atoms with Crippen molar-refractivity contribution < 1.29 is 9.53 Å². The van der Waals surface area contributed by atoms with Gasteiger partial charge in [-0.3, -0.25) is 9.69 Å². The largest absolute Gasteiger partial charge is 0.493 e. The number of carbonyl (C=O) groups is 1. The molecule has 2 aliphatic heterocycles. The minimum absolute atomic E-state index is 0.147. The van der Waals surface area contributed by atoms with Crippen molar-refractivity contribution in [3.63, 3.8) is 0 Å². The third-order valence-corrected chi connectivity index (χ3v) is 6.14. The number of rotatable bonds is 5. The molecule has 0 aliphatic carbocycles. The molecular formula is C22H31N5O2. The molecule has 0 spiro atoms. The lowest BCUT2D eigenvalue weighted by atomic mass is 10.0. The maximum atomic E-state index is 12.7. The second kappa shape index (κ2) is 8.95. The number of para-hydroxylation sites is 1. The number of aryl methyl sites for hydroxylation is 1. The van der Waals surface area contributed by atoms with Crippen LogP contribution in [0.1, 0.15) is 48.9 Å². The van der Waals surface area contributed by atoms with Crippen molar-refractivity contribution in [1.29, 1.82) is 0 Å². The summed E-state index contributed by atoms with van der Waals surface area (Å²) >= 11 is 0. The number of benzene rings is 1. The molecule has 0 radical (unpaired) electrons. The first-order valence-corrected chi connectivity index (χ1v) is 10.7. The summed E-state index contributed by atoms with van der Waals surface area (Å²) in [4.78, 5) is 17.1. The van der Waals surface area contributed by atoms with Gasteiger partial charge in [-0.15, -0.1) is 10.2 Å². The zero-order chi connectivity index (χ0) is 20.2. The first-order chi connectivity index (χ1) is 14.1. The van der Waals surface area contributed by atoms with Gasteiger partial charge < -0.3 is 14.2 Å². The van der Waals surface area contributed by atoms with Crippen LogP contribution in [0.5, 0.6) is 5.75 Å². The number of fused-ring (bicyclic) bond motifs is 1. The predicted octanol–water partition coefficient (Wildman–Crippen LogP) is 2.60. The first-order valence-electron chi connectivity index (χ1n) is 10.7. The van der Waals surface area contributed by atoms with Gasteiger partial charge in [-0.05, 0) is 45.0 Å². The molecule has 4 rings (SSSR count). The standard InChI is InChI=1S/C22H31N5O2/c1-17-7-3-4-9-19(17)29-16-11-21(28)26-13-10-20-23-24-22(27(20)15-14-26)18-8-5-6-12-25(18)2/h3-4,7,9,18H,5-6,8,10-16H2,1-2H3/t18-/m1/s1. The van der Waals surface area contributed by atoms with Crippen molar-refractivity contribution in [3.8, 4) is 5.75 Å². The summed E-state index contributed by atoms with van der Waals surface area (Å²) in [7, 11) is 2.17. The molecular weight excluding hydrogens is 366 g/mol. The summed E-state index contributed by atoms with van der Waals surface area (Å²) < 4.78 is 8.06. The molecule has 3 heterocycles. The van der Waals surface area contributed by atoms with Gasteiger partial charge in [0.15, 0.2) is 0 Å². The van der Waals surface area contributed by atoms with Gasteiger partial charge in [0.2, 0.25) is 5.91 Å². The van der Waals surface area contributed by atoms with Gasteiger partial charge in [0.1, 0.15) is 17.4 Å². The van der Waals surface area contributed by atoms with E-state index in [1.165, 1.54) is 12.8 Å². The second-order valence-electron chi connectivity index (χ2n) is 8.11. The van der Waals surface area contributed by atoms with Gasteiger partial charge >= 0.3 is 0 Å². The van der Waals surface area contributed by atoms with E-state index in [0.717, 1.165) is 48.9 Å². The molecule has 29 heavy (non-hydrogen) atoms. The monoisotopic (exact) mass is 397 g/mol. The van der Waals surface area contributed by atoms with Crippen LogP contribution in [-0.4, -0.2) is 63.8 Å². The number of hydrogen-bond donors (Lipinski definition) is 0. The Morgan fingerprint density at radius 3 is 2.83 bits per heavy atom. The highest BCUT2D eigenvalue weighted by molar-refractivity contribution is 5.76. The number of likely N-dealkylation sites (tertiary alicyclic amines) is 1. The second-order valence-corrected chi connectivity index (χ2v) is 8.11. The van der Waals surface area contributed by atoms with Crippen molar-refractivity contribution >= 4 is 5.91 Å². The number of piperidine rings is 1. The van der Waals surface area contributed by atoms with E-state index in [4.69, 9.17) is 4.74 Å². The highest BCUT2D eigenvalue weighted by Crippen LogP contribution is 2.29. The lowest BCUT2D eigenvalue weighted by Crippen LogP contribution is -2.35. The van der Waals surface area contributed by atoms with E-state index in [1.54, 1.807) is 0 Å². The normalized spacial score (nSPS) is 20.2. The molecule has 156 valence electrons. The van der Waals surface area contributed by atoms with E-state index in [-0.39, 0.29) is 5.91 Å². The molecule has 1 atom stereocenters. The maximum absolute atomic E-state index is 12.7. The average molecular weight is 398 g/mol. The summed E-state index contributed by atoms with van der Waals surface area (Å²) in [6.45, 7) is 5.71. The molecule has 2 aromatic rings. The third kappa shape index (κ3) is 4.45. The Morgan fingerprint density at radius 2 is 2.00 bits per heavy atom. The zero-order valence-corrected chi connectivity index (χ0v) is 17.5. The summed E-state index contributed by atoms with van der Waals surface area (Å²) in [5.41, 5.74) is 1.09. The van der Waals surface area contributed by atoms with Crippen LogP contribution in [0.2, 0.25) is 0 Å². The summed E-state index contributed by atoms with van der Waals surface area (Å²) in [5.74, 6) is 3.07. The number of hydrogen-bond acceptors (Lipinski definition) is 5. The van der Waals surface area contributed by atoms with Crippen LogP contribution in [0.4, 0.5) is 0 Å². The molecule has 0 unspecified atom stereocenters. The summed E-state index contributed by atoms with van der Waals surface area (Å²) in [6, 6.07) is 8.25. The molecule has 7 nitrogen and oxygen atoms in total. The fraction of sp³-hybridized carbons (Fsp3) is 0.591. The van der Waals surface area contributed by atoms with Gasteiger partial charge in [0, 0.05) is 26.1 Å². The van der Waals surface area contributed by atoms with Crippen LogP contribution in [0, 0.1) is 6.92 Å². The molecule has 1 saturated heterocycles. The fourth-order valence-corrected chi connectivity index (χ4v) is 4.37. The van der Waals surface area contributed by atoms with Gasteiger partial charge in [0.05, 0.1) is 19.1 Å². The van der Waals surface area contributed by atoms with Gasteiger partial charge in [-0.25, -0.2) is 0 Å². The van der Waals surface area contributed by atoms with Crippen molar-refractivity contribution in [2.45, 2.75) is 51.6 Å². The summed E-state index contributed by atoms with van der Waals surface area (Å²) in [5, 5.41) is 8.98. The van der Waals surface area contributed by atoms with E-state index in [0.29, 0.717) is 32.2 Å². The van der Waals surface area contributed by atoms with Crippen LogP contribution in [0.15, 0.2) is 24.3 Å². The molecule has 7 heteroatoms. The van der Waals surface area contributed by atoms with Crippen LogP contribution < -0.4 is 4.74 Å². The molecule has 0 bridgehead atoms. The van der Waals surface area contributed by atoms with Crippen molar-refractivity contribution in [2.75, 3.05) is 33.3 Å². The molecule has 1 aromatic heterocycles. The van der Waals surface area contributed by atoms with Crippen LogP contribution in [0.25, 0.3) is 0 Å². The lowest BCUT2D eigenvalue weighted by Gasteiger charge is -2.32. The minimum atomic E-state index is 0.147. The Labute approximate surface area is 172 Å².